The molecule has 4 aliphatic carbocycles. The van der Waals surface area contributed by atoms with Crippen LogP contribution in [0.25, 0.3) is 67.3 Å². The Bertz CT molecular complexity index is 3500. The summed E-state index contributed by atoms with van der Waals surface area (Å²) < 4.78 is 0. The molecule has 0 spiro atoms. The summed E-state index contributed by atoms with van der Waals surface area (Å²) >= 11 is 0. The third kappa shape index (κ3) is 5.50. The van der Waals surface area contributed by atoms with Gasteiger partial charge in [-0.3, -0.25) is 4.90 Å². The van der Waals surface area contributed by atoms with Crippen molar-refractivity contribution in [1.29, 1.82) is 0 Å². The molecular weight excluding hydrogens is 813 g/mol. The SMILES string of the molecule is CC1(C)c2ccccc2-c2cc(-c3nc(-c4ccc5c(c4)C(C)(C)c4ccccc4-5)nc(N(c4ccc5c(c4)-c4ccccc4C5(C)C)c4ccc5c(c4)-c4ccccc4C5(C)C)n3)ccc21. The molecule has 4 heteroatoms. The van der Waals surface area contributed by atoms with Gasteiger partial charge in [-0.05, 0) is 125 Å². The Hall–Kier alpha value is -7.43. The molecule has 13 rings (SSSR count). The second kappa shape index (κ2) is 13.6. The zero-order valence-electron chi connectivity index (χ0n) is 39.5. The maximum atomic E-state index is 5.57. The van der Waals surface area contributed by atoms with Crippen molar-refractivity contribution in [2.75, 3.05) is 4.90 Å². The summed E-state index contributed by atoms with van der Waals surface area (Å²) in [6, 6.07) is 62.9. The molecule has 0 saturated carbocycles. The van der Waals surface area contributed by atoms with E-state index in [1.54, 1.807) is 0 Å². The molecule has 0 amide bonds. The minimum Gasteiger partial charge on any atom is -0.279 e. The maximum absolute atomic E-state index is 5.57. The first kappa shape index (κ1) is 39.9. The summed E-state index contributed by atoms with van der Waals surface area (Å²) in [4.78, 5) is 18.9. The molecule has 8 aromatic carbocycles. The highest BCUT2D eigenvalue weighted by Gasteiger charge is 2.40. The average molecular weight is 865 g/mol. The zero-order chi connectivity index (χ0) is 45.8. The van der Waals surface area contributed by atoms with Crippen LogP contribution in [0, 0.1) is 0 Å². The molecule has 4 nitrogen and oxygen atoms in total. The van der Waals surface area contributed by atoms with Gasteiger partial charge in [-0.2, -0.15) is 9.97 Å². The van der Waals surface area contributed by atoms with Crippen LogP contribution in [0.4, 0.5) is 17.3 Å². The molecule has 0 aliphatic heterocycles. The Morgan fingerprint density at radius 1 is 0.284 bits per heavy atom. The fourth-order valence-corrected chi connectivity index (χ4v) is 12.5. The van der Waals surface area contributed by atoms with E-state index in [1.807, 2.05) is 0 Å². The van der Waals surface area contributed by atoms with Crippen molar-refractivity contribution >= 4 is 17.3 Å². The van der Waals surface area contributed by atoms with E-state index in [1.165, 1.54) is 89.0 Å². The van der Waals surface area contributed by atoms with Gasteiger partial charge in [0, 0.05) is 44.2 Å². The molecule has 9 aromatic rings. The molecule has 0 atom stereocenters. The van der Waals surface area contributed by atoms with Crippen LogP contribution in [0.15, 0.2) is 170 Å². The molecule has 324 valence electrons. The van der Waals surface area contributed by atoms with Crippen molar-refractivity contribution in [2.24, 2.45) is 0 Å². The highest BCUT2D eigenvalue weighted by atomic mass is 15.3. The van der Waals surface area contributed by atoms with Crippen LogP contribution in [0.2, 0.25) is 0 Å². The quantitative estimate of drug-likeness (QED) is 0.173. The number of hydrogen-bond donors (Lipinski definition) is 0. The first-order chi connectivity index (χ1) is 32.2. The Balaban J connectivity index is 1.06. The van der Waals surface area contributed by atoms with E-state index in [4.69, 9.17) is 15.0 Å². The van der Waals surface area contributed by atoms with Gasteiger partial charge in [0.15, 0.2) is 11.6 Å². The number of fused-ring (bicyclic) bond motifs is 12. The third-order valence-electron chi connectivity index (χ3n) is 16.2. The van der Waals surface area contributed by atoms with Gasteiger partial charge in [0.25, 0.3) is 0 Å². The number of benzene rings is 8. The first-order valence-corrected chi connectivity index (χ1v) is 23.8. The molecule has 4 aliphatic rings. The Morgan fingerprint density at radius 3 is 1.07 bits per heavy atom. The number of anilines is 3. The van der Waals surface area contributed by atoms with Gasteiger partial charge in [0.05, 0.1) is 0 Å². The van der Waals surface area contributed by atoms with E-state index in [-0.39, 0.29) is 21.7 Å². The maximum Gasteiger partial charge on any atom is 0.238 e. The minimum absolute atomic E-state index is 0.118. The lowest BCUT2D eigenvalue weighted by molar-refractivity contribution is 0.660. The fraction of sp³-hybridized carbons (Fsp3) is 0.190. The zero-order valence-corrected chi connectivity index (χ0v) is 39.5. The topological polar surface area (TPSA) is 41.9 Å². The van der Waals surface area contributed by atoms with Gasteiger partial charge < -0.3 is 0 Å². The van der Waals surface area contributed by atoms with E-state index in [2.05, 4.69) is 230 Å². The van der Waals surface area contributed by atoms with E-state index >= 15 is 0 Å². The van der Waals surface area contributed by atoms with Gasteiger partial charge in [0.1, 0.15) is 0 Å². The number of aromatic nitrogens is 3. The molecular formula is C63H52N4. The lowest BCUT2D eigenvalue weighted by Gasteiger charge is -2.27. The van der Waals surface area contributed by atoms with E-state index in [0.717, 1.165) is 22.5 Å². The van der Waals surface area contributed by atoms with Crippen LogP contribution in [-0.2, 0) is 21.7 Å². The lowest BCUT2D eigenvalue weighted by Crippen LogP contribution is -2.18. The van der Waals surface area contributed by atoms with Gasteiger partial charge in [-0.1, -0.05) is 189 Å². The molecule has 0 fully saturated rings. The van der Waals surface area contributed by atoms with Gasteiger partial charge in [-0.25, -0.2) is 4.98 Å². The Kier molecular flexibility index (Phi) is 8.08. The average Bonchev–Trinajstić information content (AvgIpc) is 3.91. The van der Waals surface area contributed by atoms with Crippen molar-refractivity contribution in [3.05, 3.63) is 214 Å². The summed E-state index contributed by atoms with van der Waals surface area (Å²) in [5, 5.41) is 0. The molecule has 1 heterocycles. The van der Waals surface area contributed by atoms with Crippen LogP contribution < -0.4 is 4.90 Å². The van der Waals surface area contributed by atoms with Crippen molar-refractivity contribution < 1.29 is 0 Å². The molecule has 67 heavy (non-hydrogen) atoms. The van der Waals surface area contributed by atoms with E-state index in [0.29, 0.717) is 17.6 Å². The van der Waals surface area contributed by atoms with Gasteiger partial charge >= 0.3 is 0 Å². The van der Waals surface area contributed by atoms with Crippen LogP contribution in [-0.4, -0.2) is 15.0 Å². The fourth-order valence-electron chi connectivity index (χ4n) is 12.5. The molecule has 0 N–H and O–H groups in total. The summed E-state index contributed by atoms with van der Waals surface area (Å²) in [6.45, 7) is 18.7. The number of nitrogens with zero attached hydrogens (tertiary/aromatic N) is 4. The third-order valence-corrected chi connectivity index (χ3v) is 16.2. The first-order valence-electron chi connectivity index (χ1n) is 23.8. The predicted molar refractivity (Wildman–Crippen MR) is 276 cm³/mol. The van der Waals surface area contributed by atoms with Crippen molar-refractivity contribution in [3.63, 3.8) is 0 Å². The number of rotatable bonds is 5. The Labute approximate surface area is 394 Å². The standard InChI is InChI=1S/C63H52N4/c1-60(2)50-22-14-10-18-42(50)46-33-37(26-30-53(46)60)57-64-58(38-25-29-45-41-17-9-13-21-49(41)63(7,8)56(45)34-38)66-59(65-57)67(39-27-31-54-47(35-39)43-19-11-15-23-51(43)61(54,3)4)40-28-32-55-48(36-40)44-20-12-16-24-52(44)62(55,5)6/h9-36H,1-8H3. The molecule has 0 radical (unpaired) electrons. The molecule has 0 saturated heterocycles. The van der Waals surface area contributed by atoms with Crippen LogP contribution in [0.1, 0.15) is 99.9 Å². The highest BCUT2D eigenvalue weighted by molar-refractivity contribution is 5.90. The second-order valence-electron chi connectivity index (χ2n) is 21.3. The highest BCUT2D eigenvalue weighted by Crippen LogP contribution is 2.55. The molecule has 1 aromatic heterocycles. The summed E-state index contributed by atoms with van der Waals surface area (Å²) in [7, 11) is 0. The molecule has 0 unspecified atom stereocenters. The van der Waals surface area contributed by atoms with E-state index < -0.39 is 0 Å². The van der Waals surface area contributed by atoms with Gasteiger partial charge in [0.2, 0.25) is 5.95 Å². The normalized spacial score (nSPS) is 16.2. The van der Waals surface area contributed by atoms with Crippen molar-refractivity contribution in [2.45, 2.75) is 77.0 Å². The summed E-state index contributed by atoms with van der Waals surface area (Å²) in [5.41, 5.74) is 24.0. The minimum atomic E-state index is -0.185. The van der Waals surface area contributed by atoms with Crippen LogP contribution in [0.5, 0.6) is 0 Å². The smallest absolute Gasteiger partial charge is 0.238 e. The lowest BCUT2D eigenvalue weighted by atomic mass is 9.82. The number of hydrogen-bond acceptors (Lipinski definition) is 4. The van der Waals surface area contributed by atoms with E-state index in [9.17, 15) is 0 Å². The summed E-state index contributed by atoms with van der Waals surface area (Å²) in [6.07, 6.45) is 0. The second-order valence-corrected chi connectivity index (χ2v) is 21.3. The molecule has 0 bridgehead atoms. The van der Waals surface area contributed by atoms with Crippen molar-refractivity contribution in [3.8, 4) is 67.3 Å². The largest absolute Gasteiger partial charge is 0.279 e. The van der Waals surface area contributed by atoms with Gasteiger partial charge in [-0.15, -0.1) is 0 Å². The monoisotopic (exact) mass is 864 g/mol. The summed E-state index contributed by atoms with van der Waals surface area (Å²) in [5.74, 6) is 1.85. The van der Waals surface area contributed by atoms with Crippen LogP contribution in [0.3, 0.4) is 0 Å². The predicted octanol–water partition coefficient (Wildman–Crippen LogP) is 15.9. The van der Waals surface area contributed by atoms with Crippen molar-refractivity contribution in [1.82, 2.24) is 15.0 Å². The Morgan fingerprint density at radius 2 is 0.612 bits per heavy atom. The van der Waals surface area contributed by atoms with Crippen LogP contribution >= 0.6 is 0 Å².